The minimum Gasteiger partial charge on any atom is -0.490 e. The quantitative estimate of drug-likeness (QED) is 0.249. The molecule has 4 aromatic rings. The molecule has 2 amide bonds. The lowest BCUT2D eigenvalue weighted by Gasteiger charge is -2.28. The van der Waals surface area contributed by atoms with Crippen LogP contribution >= 0.6 is 0 Å². The summed E-state index contributed by atoms with van der Waals surface area (Å²) in [4.78, 5) is 44.8. The van der Waals surface area contributed by atoms with Crippen molar-refractivity contribution >= 4 is 29.1 Å². The summed E-state index contributed by atoms with van der Waals surface area (Å²) >= 11 is 0. The number of ether oxygens (including phenoxy) is 2. The van der Waals surface area contributed by atoms with E-state index in [-0.39, 0.29) is 40.8 Å². The second-order valence-electron chi connectivity index (χ2n) is 13.1. The van der Waals surface area contributed by atoms with Gasteiger partial charge in [-0.25, -0.2) is 23.1 Å². The second kappa shape index (κ2) is 12.6. The molecular weight excluding hydrogens is 624 g/mol. The minimum absolute atomic E-state index is 0.0215. The molecule has 252 valence electrons. The van der Waals surface area contributed by atoms with Crippen LogP contribution in [-0.4, -0.2) is 56.2 Å². The van der Waals surface area contributed by atoms with E-state index in [4.69, 9.17) is 9.47 Å². The topological polar surface area (TPSA) is 135 Å². The standard InChI is InChI=1S/C35H37F2N5O6/c1-18-22-8-7-13-47-31(22)24(37)15-23(18)30-29(32(34(45)46)48-35(3,4)5)19(2)39-27-16-25(40-42(27)30)33(44)38-17-20-10-11-21(36)14-26(20)41-12-6-9-28(41)43/h10-11,14-16,32H,6-9,12-13,17H2,1-5H3,(H,38,44)(H,45,46). The molecule has 2 aromatic carbocycles. The Balaban J connectivity index is 1.46. The molecule has 0 bridgehead atoms. The number of hydrogen-bond donors (Lipinski definition) is 2. The maximum Gasteiger partial charge on any atom is 0.337 e. The van der Waals surface area contributed by atoms with Crippen molar-refractivity contribution in [3.63, 3.8) is 0 Å². The number of benzene rings is 2. The molecule has 1 saturated heterocycles. The van der Waals surface area contributed by atoms with Crippen LogP contribution in [0.3, 0.4) is 0 Å². The molecule has 1 fully saturated rings. The maximum atomic E-state index is 15.6. The number of hydrogen-bond acceptors (Lipinski definition) is 7. The van der Waals surface area contributed by atoms with Gasteiger partial charge in [-0.05, 0) is 83.2 Å². The Kier molecular flexibility index (Phi) is 8.67. The summed E-state index contributed by atoms with van der Waals surface area (Å²) in [5.41, 5.74) is 2.69. The Labute approximate surface area is 275 Å². The van der Waals surface area contributed by atoms with E-state index >= 15 is 4.39 Å². The number of halogens is 2. The van der Waals surface area contributed by atoms with E-state index < -0.39 is 35.2 Å². The second-order valence-corrected chi connectivity index (χ2v) is 13.1. The molecule has 4 heterocycles. The Morgan fingerprint density at radius 3 is 2.58 bits per heavy atom. The molecule has 0 saturated carbocycles. The number of rotatable bonds is 8. The van der Waals surface area contributed by atoms with Crippen molar-refractivity contribution in [1.82, 2.24) is 19.9 Å². The van der Waals surface area contributed by atoms with Crippen LogP contribution in [0.4, 0.5) is 14.5 Å². The van der Waals surface area contributed by atoms with Crippen LogP contribution in [0.5, 0.6) is 5.75 Å². The zero-order valence-electron chi connectivity index (χ0n) is 27.4. The zero-order chi connectivity index (χ0) is 34.5. The normalized spacial score (nSPS) is 15.4. The van der Waals surface area contributed by atoms with Crippen LogP contribution in [0.2, 0.25) is 0 Å². The van der Waals surface area contributed by atoms with E-state index in [1.54, 1.807) is 27.7 Å². The summed E-state index contributed by atoms with van der Waals surface area (Å²) in [6.45, 7) is 9.46. The van der Waals surface area contributed by atoms with Gasteiger partial charge in [-0.15, -0.1) is 0 Å². The highest BCUT2D eigenvalue weighted by Gasteiger charge is 2.35. The summed E-state index contributed by atoms with van der Waals surface area (Å²) in [5, 5.41) is 17.8. The highest BCUT2D eigenvalue weighted by Crippen LogP contribution is 2.41. The van der Waals surface area contributed by atoms with Crippen molar-refractivity contribution in [3.8, 4) is 17.0 Å². The van der Waals surface area contributed by atoms with Crippen LogP contribution in [-0.2, 0) is 27.3 Å². The fourth-order valence-corrected chi connectivity index (χ4v) is 6.41. The lowest BCUT2D eigenvalue weighted by Crippen LogP contribution is -2.29. The zero-order valence-corrected chi connectivity index (χ0v) is 27.4. The molecule has 0 aliphatic carbocycles. The molecule has 2 N–H and O–H groups in total. The van der Waals surface area contributed by atoms with E-state index in [2.05, 4.69) is 15.4 Å². The van der Waals surface area contributed by atoms with E-state index in [0.717, 1.165) is 0 Å². The van der Waals surface area contributed by atoms with Gasteiger partial charge in [0, 0.05) is 48.0 Å². The molecule has 0 spiro atoms. The Bertz CT molecular complexity index is 1970. The molecule has 2 aliphatic heterocycles. The molecule has 6 rings (SSSR count). The van der Waals surface area contributed by atoms with Crippen LogP contribution in [0.25, 0.3) is 16.9 Å². The van der Waals surface area contributed by atoms with Crippen LogP contribution in [0.15, 0.2) is 30.3 Å². The van der Waals surface area contributed by atoms with Crippen molar-refractivity contribution in [2.45, 2.75) is 78.6 Å². The van der Waals surface area contributed by atoms with Crippen molar-refractivity contribution < 1.29 is 37.7 Å². The molecule has 2 aliphatic rings. The highest BCUT2D eigenvalue weighted by molar-refractivity contribution is 5.97. The van der Waals surface area contributed by atoms with Crippen molar-refractivity contribution in [2.24, 2.45) is 0 Å². The first kappa shape index (κ1) is 33.0. The van der Waals surface area contributed by atoms with Gasteiger partial charge < -0.3 is 24.8 Å². The SMILES string of the molecule is Cc1nc2cc(C(=O)NCc3ccc(F)cc3N3CCCC3=O)nn2c(-c2cc(F)c3c(c2C)CCCO3)c1C(OC(C)(C)C)C(=O)O. The highest BCUT2D eigenvalue weighted by atomic mass is 19.1. The number of amides is 2. The first-order valence-electron chi connectivity index (χ1n) is 15.9. The Morgan fingerprint density at radius 1 is 1.12 bits per heavy atom. The number of carboxylic acid groups (broad SMARTS) is 1. The average Bonchev–Trinajstić information content (AvgIpc) is 3.66. The number of carbonyl (C=O) groups is 3. The number of fused-ring (bicyclic) bond motifs is 2. The number of carbonyl (C=O) groups excluding carboxylic acids is 2. The third-order valence-electron chi connectivity index (χ3n) is 8.56. The van der Waals surface area contributed by atoms with Crippen LogP contribution in [0, 0.1) is 25.5 Å². The Morgan fingerprint density at radius 2 is 1.90 bits per heavy atom. The number of nitrogens with zero attached hydrogens (tertiary/aromatic N) is 4. The summed E-state index contributed by atoms with van der Waals surface area (Å²) in [7, 11) is 0. The largest absolute Gasteiger partial charge is 0.490 e. The van der Waals surface area contributed by atoms with Gasteiger partial charge in [0.2, 0.25) is 5.91 Å². The van der Waals surface area contributed by atoms with Crippen molar-refractivity contribution in [2.75, 3.05) is 18.1 Å². The predicted octanol–water partition coefficient (Wildman–Crippen LogP) is 5.61. The first-order chi connectivity index (χ1) is 22.7. The van der Waals surface area contributed by atoms with Gasteiger partial charge >= 0.3 is 5.97 Å². The van der Waals surface area contributed by atoms with Gasteiger partial charge in [-0.3, -0.25) is 9.59 Å². The summed E-state index contributed by atoms with van der Waals surface area (Å²) in [6.07, 6.45) is 0.773. The lowest BCUT2D eigenvalue weighted by molar-refractivity contribution is -0.160. The molecule has 13 heteroatoms. The van der Waals surface area contributed by atoms with Crippen molar-refractivity contribution in [3.05, 3.63) is 75.6 Å². The number of nitrogens with one attached hydrogen (secondary N) is 1. The molecule has 48 heavy (non-hydrogen) atoms. The van der Waals surface area contributed by atoms with Gasteiger partial charge in [0.05, 0.1) is 23.6 Å². The lowest BCUT2D eigenvalue weighted by atomic mass is 9.91. The van der Waals surface area contributed by atoms with Gasteiger partial charge in [0.15, 0.2) is 29.0 Å². The van der Waals surface area contributed by atoms with Gasteiger partial charge in [-0.1, -0.05) is 6.07 Å². The monoisotopic (exact) mass is 661 g/mol. The summed E-state index contributed by atoms with van der Waals surface area (Å²) in [5.74, 6) is -2.90. The van der Waals surface area contributed by atoms with Gasteiger partial charge in [-0.2, -0.15) is 5.10 Å². The van der Waals surface area contributed by atoms with E-state index in [0.29, 0.717) is 72.5 Å². The van der Waals surface area contributed by atoms with Crippen LogP contribution in [0.1, 0.15) is 84.6 Å². The third kappa shape index (κ3) is 6.21. The molecular formula is C35H37F2N5O6. The van der Waals surface area contributed by atoms with E-state index in [9.17, 15) is 23.9 Å². The van der Waals surface area contributed by atoms with Gasteiger partial charge in [0.25, 0.3) is 5.91 Å². The predicted molar refractivity (Wildman–Crippen MR) is 172 cm³/mol. The minimum atomic E-state index is -1.50. The molecule has 0 radical (unpaired) electrons. The molecule has 11 nitrogen and oxygen atoms in total. The van der Waals surface area contributed by atoms with Crippen molar-refractivity contribution in [1.29, 1.82) is 0 Å². The number of aromatic nitrogens is 3. The summed E-state index contributed by atoms with van der Waals surface area (Å²) in [6, 6.07) is 6.82. The third-order valence-corrected chi connectivity index (χ3v) is 8.56. The summed E-state index contributed by atoms with van der Waals surface area (Å²) < 4.78 is 42.8. The fourth-order valence-electron chi connectivity index (χ4n) is 6.41. The van der Waals surface area contributed by atoms with E-state index in [1.165, 1.54) is 39.7 Å². The fraction of sp³-hybridized carbons (Fsp3) is 0.400. The van der Waals surface area contributed by atoms with Gasteiger partial charge in [0.1, 0.15) is 5.82 Å². The maximum absolute atomic E-state index is 15.6. The number of aryl methyl sites for hydroxylation is 1. The van der Waals surface area contributed by atoms with Crippen LogP contribution < -0.4 is 15.0 Å². The average molecular weight is 662 g/mol. The molecule has 2 aromatic heterocycles. The Hall–Kier alpha value is -4.91. The van der Waals surface area contributed by atoms with E-state index in [1.807, 2.05) is 6.92 Å². The molecule has 1 atom stereocenters. The number of anilines is 1. The number of carboxylic acids is 1. The first-order valence-corrected chi connectivity index (χ1v) is 15.9. The smallest absolute Gasteiger partial charge is 0.337 e. The number of aliphatic carboxylic acids is 1. The molecule has 1 unspecified atom stereocenters.